The topological polar surface area (TPSA) is 43.1 Å². The van der Waals surface area contributed by atoms with Crippen molar-refractivity contribution in [1.29, 1.82) is 0 Å². The Morgan fingerprint density at radius 2 is 2.00 bits per heavy atom. The van der Waals surface area contributed by atoms with Crippen LogP contribution in [-0.4, -0.2) is 5.91 Å². The molecule has 0 aliphatic rings. The van der Waals surface area contributed by atoms with Gasteiger partial charge < -0.3 is 5.73 Å². The van der Waals surface area contributed by atoms with Crippen molar-refractivity contribution < 1.29 is 4.79 Å². The van der Waals surface area contributed by atoms with Crippen LogP contribution < -0.4 is 5.73 Å². The summed E-state index contributed by atoms with van der Waals surface area (Å²) in [5.41, 5.74) is 4.65. The highest BCUT2D eigenvalue weighted by Crippen LogP contribution is 1.63. The standard InChI is InChI=1S/C3H7NO.BrH/c1-2-3(4)5;/h2H2,1H3,(H2,4,5);1H. The second-order valence-corrected chi connectivity index (χ2v) is 0.820. The van der Waals surface area contributed by atoms with E-state index in [9.17, 15) is 4.79 Å². The molecule has 6 heavy (non-hydrogen) atoms. The molecule has 0 saturated carbocycles. The average molecular weight is 154 g/mol. The van der Waals surface area contributed by atoms with Crippen LogP contribution in [0.5, 0.6) is 0 Å². The first kappa shape index (κ1) is 9.34. The zero-order valence-electron chi connectivity index (χ0n) is 3.60. The van der Waals surface area contributed by atoms with Gasteiger partial charge in [-0.05, 0) is 0 Å². The van der Waals surface area contributed by atoms with Crippen LogP contribution >= 0.6 is 17.0 Å². The Balaban J connectivity index is 0. The van der Waals surface area contributed by atoms with Crippen LogP contribution in [0.3, 0.4) is 0 Å². The van der Waals surface area contributed by atoms with Crippen molar-refractivity contribution in [2.75, 3.05) is 0 Å². The average Bonchev–Trinajstić information content (AvgIpc) is 1.38. The zero-order chi connectivity index (χ0) is 4.28. The van der Waals surface area contributed by atoms with Crippen LogP contribution in [0.2, 0.25) is 0 Å². The molecule has 0 rings (SSSR count). The SMILES string of the molecule is Br.CCC(N)=O. The quantitative estimate of drug-likeness (QED) is 0.585. The maximum absolute atomic E-state index is 9.59. The van der Waals surface area contributed by atoms with Gasteiger partial charge in [-0.25, -0.2) is 0 Å². The van der Waals surface area contributed by atoms with Gasteiger partial charge in [-0.15, -0.1) is 17.0 Å². The van der Waals surface area contributed by atoms with E-state index in [1.54, 1.807) is 6.92 Å². The predicted molar refractivity (Wildman–Crippen MR) is 29.8 cm³/mol. The normalized spacial score (nSPS) is 6.17. The lowest BCUT2D eigenvalue weighted by atomic mass is 10.5. The van der Waals surface area contributed by atoms with Crippen molar-refractivity contribution >= 4 is 22.9 Å². The second kappa shape index (κ2) is 4.95. The second-order valence-electron chi connectivity index (χ2n) is 0.820. The molecule has 0 aromatic rings. The molecule has 0 radical (unpaired) electrons. The lowest BCUT2D eigenvalue weighted by Gasteiger charge is -1.73. The number of amides is 1. The number of nitrogens with two attached hydrogens (primary N) is 1. The Morgan fingerprint density at radius 3 is 2.00 bits per heavy atom. The van der Waals surface area contributed by atoms with Gasteiger partial charge >= 0.3 is 0 Å². The van der Waals surface area contributed by atoms with E-state index in [-0.39, 0.29) is 22.9 Å². The maximum atomic E-state index is 9.59. The van der Waals surface area contributed by atoms with Crippen molar-refractivity contribution in [3.63, 3.8) is 0 Å². The van der Waals surface area contributed by atoms with Gasteiger partial charge in [0.15, 0.2) is 0 Å². The van der Waals surface area contributed by atoms with Gasteiger partial charge in [0.25, 0.3) is 0 Å². The third kappa shape index (κ3) is 9.04. The Hall–Kier alpha value is -0.0500. The van der Waals surface area contributed by atoms with Gasteiger partial charge in [-0.2, -0.15) is 0 Å². The van der Waals surface area contributed by atoms with Gasteiger partial charge in [0.2, 0.25) is 5.91 Å². The number of hydrogen-bond acceptors (Lipinski definition) is 1. The molecule has 0 heterocycles. The van der Waals surface area contributed by atoms with Gasteiger partial charge in [0.1, 0.15) is 0 Å². The summed E-state index contributed by atoms with van der Waals surface area (Å²) in [6, 6.07) is 0. The van der Waals surface area contributed by atoms with Crippen molar-refractivity contribution in [2.45, 2.75) is 13.3 Å². The zero-order valence-corrected chi connectivity index (χ0v) is 5.31. The third-order valence-electron chi connectivity index (χ3n) is 0.348. The first-order valence-electron chi connectivity index (χ1n) is 1.55. The summed E-state index contributed by atoms with van der Waals surface area (Å²) in [5, 5.41) is 0. The molecular weight excluding hydrogens is 146 g/mol. The molecule has 0 spiro atoms. The van der Waals surface area contributed by atoms with Crippen molar-refractivity contribution in [3.8, 4) is 0 Å². The fourth-order valence-corrected chi connectivity index (χ4v) is 0. The van der Waals surface area contributed by atoms with E-state index in [2.05, 4.69) is 5.73 Å². The largest absolute Gasteiger partial charge is 0.370 e. The summed E-state index contributed by atoms with van der Waals surface area (Å²) in [6.07, 6.45) is 0.444. The van der Waals surface area contributed by atoms with Crippen LogP contribution in [0.25, 0.3) is 0 Å². The molecule has 0 bridgehead atoms. The summed E-state index contributed by atoms with van der Waals surface area (Å²) in [5.74, 6) is -0.245. The fraction of sp³-hybridized carbons (Fsp3) is 0.667. The minimum absolute atomic E-state index is 0. The summed E-state index contributed by atoms with van der Waals surface area (Å²) >= 11 is 0. The first-order chi connectivity index (χ1) is 2.27. The third-order valence-corrected chi connectivity index (χ3v) is 0.348. The van der Waals surface area contributed by atoms with E-state index in [1.165, 1.54) is 0 Å². The summed E-state index contributed by atoms with van der Waals surface area (Å²) in [6.45, 7) is 1.72. The highest BCUT2D eigenvalue weighted by Gasteiger charge is 1.77. The van der Waals surface area contributed by atoms with E-state index < -0.39 is 0 Å². The number of rotatable bonds is 1. The molecule has 2 N–H and O–H groups in total. The minimum atomic E-state index is -0.245. The lowest BCUT2D eigenvalue weighted by Crippen LogP contribution is -2.06. The number of hydrogen-bond donors (Lipinski definition) is 1. The summed E-state index contributed by atoms with van der Waals surface area (Å²) in [4.78, 5) is 9.59. The predicted octanol–water partition coefficient (Wildman–Crippen LogP) is 0.460. The van der Waals surface area contributed by atoms with Crippen LogP contribution in [0.1, 0.15) is 13.3 Å². The van der Waals surface area contributed by atoms with Gasteiger partial charge in [0.05, 0.1) is 0 Å². The Bertz CT molecular complexity index is 46.1. The van der Waals surface area contributed by atoms with Gasteiger partial charge in [-0.1, -0.05) is 6.92 Å². The molecule has 2 nitrogen and oxygen atoms in total. The molecular formula is C3H8BrNO. The molecule has 3 heteroatoms. The number of carbonyl (C=O) groups excluding carboxylic acids is 1. The minimum Gasteiger partial charge on any atom is -0.370 e. The number of primary amides is 1. The highest BCUT2D eigenvalue weighted by molar-refractivity contribution is 8.93. The monoisotopic (exact) mass is 153 g/mol. The lowest BCUT2D eigenvalue weighted by molar-refractivity contribution is -0.117. The van der Waals surface area contributed by atoms with Crippen LogP contribution in [0, 0.1) is 0 Å². The fourth-order valence-electron chi connectivity index (χ4n) is 0. The van der Waals surface area contributed by atoms with Crippen LogP contribution in [0.15, 0.2) is 0 Å². The maximum Gasteiger partial charge on any atom is 0.217 e. The Labute approximate surface area is 47.5 Å². The molecule has 0 aromatic carbocycles. The van der Waals surface area contributed by atoms with Crippen LogP contribution in [0.4, 0.5) is 0 Å². The summed E-state index contributed by atoms with van der Waals surface area (Å²) in [7, 11) is 0. The highest BCUT2D eigenvalue weighted by atomic mass is 79.9. The van der Waals surface area contributed by atoms with E-state index in [1.807, 2.05) is 0 Å². The molecule has 0 aliphatic carbocycles. The molecule has 0 aliphatic heterocycles. The van der Waals surface area contributed by atoms with Gasteiger partial charge in [-0.3, -0.25) is 4.79 Å². The number of halogens is 1. The first-order valence-corrected chi connectivity index (χ1v) is 1.55. The van der Waals surface area contributed by atoms with E-state index >= 15 is 0 Å². The molecule has 0 saturated heterocycles. The molecule has 0 fully saturated rings. The van der Waals surface area contributed by atoms with E-state index in [0.717, 1.165) is 0 Å². The van der Waals surface area contributed by atoms with Crippen molar-refractivity contribution in [3.05, 3.63) is 0 Å². The molecule has 1 amide bonds. The molecule has 38 valence electrons. The smallest absolute Gasteiger partial charge is 0.217 e. The van der Waals surface area contributed by atoms with Crippen molar-refractivity contribution in [1.82, 2.24) is 0 Å². The van der Waals surface area contributed by atoms with Gasteiger partial charge in [0, 0.05) is 6.42 Å². The molecule has 0 atom stereocenters. The molecule has 0 unspecified atom stereocenters. The Kier molecular flexibility index (Phi) is 7.71. The number of carbonyl (C=O) groups is 1. The molecule has 0 aromatic heterocycles. The Morgan fingerprint density at radius 1 is 1.83 bits per heavy atom. The van der Waals surface area contributed by atoms with Crippen LogP contribution in [-0.2, 0) is 4.79 Å². The van der Waals surface area contributed by atoms with E-state index in [4.69, 9.17) is 0 Å². The van der Waals surface area contributed by atoms with Crippen molar-refractivity contribution in [2.24, 2.45) is 5.73 Å². The summed E-state index contributed by atoms with van der Waals surface area (Å²) < 4.78 is 0. The van der Waals surface area contributed by atoms with E-state index in [0.29, 0.717) is 6.42 Å².